The molecule has 1 aliphatic carbocycles. The van der Waals surface area contributed by atoms with Crippen molar-refractivity contribution in [3.63, 3.8) is 0 Å². The highest BCUT2D eigenvalue weighted by molar-refractivity contribution is 5.85. The zero-order valence-electron chi connectivity index (χ0n) is 16.9. The van der Waals surface area contributed by atoms with Gasteiger partial charge in [-0.1, -0.05) is 66.7 Å². The maximum atomic E-state index is 12.3. The first-order valence-corrected chi connectivity index (χ1v) is 9.91. The Morgan fingerprint density at radius 2 is 1.13 bits per heavy atom. The number of aliphatic hydroxyl groups is 1. The molecule has 4 aromatic carbocycles. The van der Waals surface area contributed by atoms with Crippen molar-refractivity contribution < 1.29 is 14.6 Å². The molecule has 0 amide bonds. The summed E-state index contributed by atoms with van der Waals surface area (Å²) in [5, 5.41) is 12.3. The second-order valence-electron chi connectivity index (χ2n) is 7.45. The van der Waals surface area contributed by atoms with E-state index in [1.807, 2.05) is 78.9 Å². The summed E-state index contributed by atoms with van der Waals surface area (Å²) in [5.41, 5.74) is 5.31. The van der Waals surface area contributed by atoms with Crippen molar-refractivity contribution in [1.29, 1.82) is 0 Å². The van der Waals surface area contributed by atoms with E-state index < -0.39 is 5.60 Å². The van der Waals surface area contributed by atoms with Crippen LogP contribution in [0.2, 0.25) is 0 Å². The first kappa shape index (κ1) is 18.5. The van der Waals surface area contributed by atoms with E-state index in [4.69, 9.17) is 9.47 Å². The van der Waals surface area contributed by atoms with Crippen molar-refractivity contribution in [2.45, 2.75) is 5.60 Å². The van der Waals surface area contributed by atoms with E-state index >= 15 is 0 Å². The molecule has 0 aliphatic heterocycles. The molecule has 0 saturated heterocycles. The minimum absolute atomic E-state index is 0.736. The third-order valence-corrected chi connectivity index (χ3v) is 5.92. The van der Waals surface area contributed by atoms with E-state index in [0.717, 1.165) is 50.4 Å². The Kier molecular flexibility index (Phi) is 4.34. The van der Waals surface area contributed by atoms with Gasteiger partial charge in [0.05, 0.1) is 14.2 Å². The van der Waals surface area contributed by atoms with Gasteiger partial charge < -0.3 is 14.6 Å². The standard InChI is InChI=1S/C27H22O3/c1-29-19-9-7-8-18(16-19)23-17-20(30-2)14-15-26(23)27(28)24-12-5-3-10-21(24)22-11-4-6-13-25(22)27/h3-17,28H,1-2H3. The van der Waals surface area contributed by atoms with Crippen LogP contribution >= 0.6 is 0 Å². The molecule has 0 bridgehead atoms. The van der Waals surface area contributed by atoms with Crippen molar-refractivity contribution >= 4 is 0 Å². The third kappa shape index (κ3) is 2.63. The molecule has 0 aromatic heterocycles. The molecule has 3 nitrogen and oxygen atoms in total. The van der Waals surface area contributed by atoms with E-state index in [-0.39, 0.29) is 0 Å². The first-order chi connectivity index (χ1) is 14.7. The molecule has 3 heteroatoms. The third-order valence-electron chi connectivity index (χ3n) is 5.92. The number of benzene rings is 4. The minimum Gasteiger partial charge on any atom is -0.497 e. The Bertz CT molecular complexity index is 1200. The summed E-state index contributed by atoms with van der Waals surface area (Å²) in [6.45, 7) is 0. The van der Waals surface area contributed by atoms with Gasteiger partial charge in [-0.3, -0.25) is 0 Å². The lowest BCUT2D eigenvalue weighted by molar-refractivity contribution is 0.131. The zero-order chi connectivity index (χ0) is 20.7. The van der Waals surface area contributed by atoms with Gasteiger partial charge in [0.15, 0.2) is 0 Å². The summed E-state index contributed by atoms with van der Waals surface area (Å²) in [7, 11) is 3.31. The fourth-order valence-electron chi connectivity index (χ4n) is 4.50. The Morgan fingerprint density at radius 3 is 1.77 bits per heavy atom. The summed E-state index contributed by atoms with van der Waals surface area (Å²) >= 11 is 0. The van der Waals surface area contributed by atoms with Gasteiger partial charge in [0.1, 0.15) is 17.1 Å². The van der Waals surface area contributed by atoms with Crippen molar-refractivity contribution in [2.24, 2.45) is 0 Å². The van der Waals surface area contributed by atoms with Gasteiger partial charge in [-0.2, -0.15) is 0 Å². The molecule has 5 rings (SSSR count). The van der Waals surface area contributed by atoms with Crippen LogP contribution in [0, 0.1) is 0 Å². The first-order valence-electron chi connectivity index (χ1n) is 9.91. The van der Waals surface area contributed by atoms with Crippen LogP contribution in [0.25, 0.3) is 22.3 Å². The van der Waals surface area contributed by atoms with Gasteiger partial charge >= 0.3 is 0 Å². The SMILES string of the molecule is COc1cccc(-c2cc(OC)ccc2C2(O)c3ccccc3-c3ccccc32)c1. The van der Waals surface area contributed by atoms with Crippen LogP contribution in [0.15, 0.2) is 91.0 Å². The van der Waals surface area contributed by atoms with Gasteiger partial charge in [-0.25, -0.2) is 0 Å². The van der Waals surface area contributed by atoms with Crippen molar-refractivity contribution in [3.8, 4) is 33.8 Å². The van der Waals surface area contributed by atoms with Crippen LogP contribution in [-0.4, -0.2) is 19.3 Å². The molecule has 0 spiro atoms. The number of hydrogen-bond donors (Lipinski definition) is 1. The molecule has 30 heavy (non-hydrogen) atoms. The maximum Gasteiger partial charge on any atom is 0.142 e. The predicted octanol–water partition coefficient (Wildman–Crippen LogP) is 5.64. The summed E-state index contributed by atoms with van der Waals surface area (Å²) < 4.78 is 11.0. The summed E-state index contributed by atoms with van der Waals surface area (Å²) in [6, 6.07) is 29.9. The second kappa shape index (κ2) is 7.05. The maximum absolute atomic E-state index is 12.3. The van der Waals surface area contributed by atoms with E-state index in [2.05, 4.69) is 12.1 Å². The van der Waals surface area contributed by atoms with Crippen LogP contribution in [0.1, 0.15) is 16.7 Å². The lowest BCUT2D eigenvalue weighted by Crippen LogP contribution is -2.27. The Balaban J connectivity index is 1.83. The lowest BCUT2D eigenvalue weighted by atomic mass is 9.80. The lowest BCUT2D eigenvalue weighted by Gasteiger charge is -2.29. The number of ether oxygens (including phenoxy) is 2. The number of methoxy groups -OCH3 is 2. The van der Waals surface area contributed by atoms with E-state index in [0.29, 0.717) is 0 Å². The number of rotatable bonds is 4. The minimum atomic E-state index is -1.27. The smallest absolute Gasteiger partial charge is 0.142 e. The van der Waals surface area contributed by atoms with Gasteiger partial charge in [-0.15, -0.1) is 0 Å². The quantitative estimate of drug-likeness (QED) is 0.487. The van der Waals surface area contributed by atoms with E-state index in [9.17, 15) is 5.11 Å². The Labute approximate surface area is 176 Å². The summed E-state index contributed by atoms with van der Waals surface area (Å²) in [4.78, 5) is 0. The molecule has 0 atom stereocenters. The van der Waals surface area contributed by atoms with Crippen LogP contribution in [0.4, 0.5) is 0 Å². The second-order valence-corrected chi connectivity index (χ2v) is 7.45. The molecule has 0 saturated carbocycles. The average molecular weight is 394 g/mol. The molecule has 148 valence electrons. The number of fused-ring (bicyclic) bond motifs is 3. The van der Waals surface area contributed by atoms with Gasteiger partial charge in [0, 0.05) is 16.7 Å². The van der Waals surface area contributed by atoms with Gasteiger partial charge in [0.25, 0.3) is 0 Å². The average Bonchev–Trinajstić information content (AvgIpc) is 3.08. The highest BCUT2D eigenvalue weighted by Crippen LogP contribution is 2.53. The molecular formula is C27H22O3. The van der Waals surface area contributed by atoms with Crippen LogP contribution in [0.5, 0.6) is 11.5 Å². The molecule has 4 aromatic rings. The molecule has 0 fully saturated rings. The predicted molar refractivity (Wildman–Crippen MR) is 119 cm³/mol. The normalized spacial score (nSPS) is 13.4. The fourth-order valence-corrected chi connectivity index (χ4v) is 4.50. The monoisotopic (exact) mass is 394 g/mol. The molecular weight excluding hydrogens is 372 g/mol. The summed E-state index contributed by atoms with van der Waals surface area (Å²) in [6.07, 6.45) is 0. The fraction of sp³-hybridized carbons (Fsp3) is 0.111. The van der Waals surface area contributed by atoms with E-state index in [1.165, 1.54) is 0 Å². The molecule has 0 radical (unpaired) electrons. The van der Waals surface area contributed by atoms with Crippen LogP contribution in [-0.2, 0) is 5.60 Å². The van der Waals surface area contributed by atoms with Gasteiger partial charge in [0.2, 0.25) is 0 Å². The van der Waals surface area contributed by atoms with Gasteiger partial charge in [-0.05, 0) is 46.5 Å². The van der Waals surface area contributed by atoms with E-state index in [1.54, 1.807) is 14.2 Å². The van der Waals surface area contributed by atoms with Crippen LogP contribution in [0.3, 0.4) is 0 Å². The highest BCUT2D eigenvalue weighted by atomic mass is 16.5. The Morgan fingerprint density at radius 1 is 0.567 bits per heavy atom. The van der Waals surface area contributed by atoms with Crippen molar-refractivity contribution in [3.05, 3.63) is 108 Å². The van der Waals surface area contributed by atoms with Crippen molar-refractivity contribution in [1.82, 2.24) is 0 Å². The largest absolute Gasteiger partial charge is 0.497 e. The highest BCUT2D eigenvalue weighted by Gasteiger charge is 2.44. The Hall–Kier alpha value is -3.56. The topological polar surface area (TPSA) is 38.7 Å². The summed E-state index contributed by atoms with van der Waals surface area (Å²) in [5.74, 6) is 1.50. The molecule has 1 N–H and O–H groups in total. The number of hydrogen-bond acceptors (Lipinski definition) is 3. The molecule has 1 aliphatic rings. The zero-order valence-corrected chi connectivity index (χ0v) is 16.9. The van der Waals surface area contributed by atoms with Crippen molar-refractivity contribution in [2.75, 3.05) is 14.2 Å². The van der Waals surface area contributed by atoms with Crippen LogP contribution < -0.4 is 9.47 Å². The molecule has 0 heterocycles. The molecule has 0 unspecified atom stereocenters.